The molecule has 2 aliphatic heterocycles. The molecule has 174 valence electrons. The third-order valence-electron chi connectivity index (χ3n) is 6.67. The Morgan fingerprint density at radius 2 is 1.74 bits per heavy atom. The van der Waals surface area contributed by atoms with Crippen molar-refractivity contribution in [2.45, 2.75) is 19.3 Å². The lowest BCUT2D eigenvalue weighted by molar-refractivity contribution is -0.401. The first-order valence-corrected chi connectivity index (χ1v) is 11.4. The zero-order valence-corrected chi connectivity index (χ0v) is 19.8. The maximum absolute atomic E-state index is 11.9. The lowest BCUT2D eigenvalue weighted by Crippen LogP contribution is -2.26. The Hall–Kier alpha value is -4.38. The number of phenols is 1. The Morgan fingerprint density at radius 1 is 1.00 bits per heavy atom. The highest BCUT2D eigenvalue weighted by Gasteiger charge is 2.42. The largest absolute Gasteiger partial charge is 0.508 e. The van der Waals surface area contributed by atoms with Crippen LogP contribution in [-0.2, 0) is 5.41 Å². The second kappa shape index (κ2) is 8.44. The first kappa shape index (κ1) is 22.4. The summed E-state index contributed by atoms with van der Waals surface area (Å²) >= 11 is 0. The highest BCUT2D eigenvalue weighted by Crippen LogP contribution is 2.41. The van der Waals surface area contributed by atoms with Crippen molar-refractivity contribution in [3.05, 3.63) is 119 Å². The third-order valence-corrected chi connectivity index (χ3v) is 6.67. The monoisotopic (exact) mass is 464 g/mol. The molecule has 5 rings (SSSR count). The van der Waals surface area contributed by atoms with Crippen molar-refractivity contribution in [2.75, 3.05) is 7.05 Å². The van der Waals surface area contributed by atoms with E-state index in [1.807, 2.05) is 30.4 Å². The number of allylic oxidation sites excluding steroid dienone is 4. The molecule has 2 heterocycles. The van der Waals surface area contributed by atoms with Crippen LogP contribution in [0.15, 0.2) is 96.8 Å². The van der Waals surface area contributed by atoms with E-state index in [-0.39, 0.29) is 16.7 Å². The molecule has 5 heteroatoms. The number of nitrogens with zero attached hydrogens (tertiary/aromatic N) is 1. The number of rotatable bonds is 4. The average molecular weight is 465 g/mol. The number of aromatic carboxylic acids is 1. The Kier molecular flexibility index (Phi) is 5.40. The number of benzene rings is 3. The first-order valence-electron chi connectivity index (χ1n) is 11.4. The van der Waals surface area contributed by atoms with Crippen LogP contribution in [0.4, 0.5) is 5.69 Å². The molecule has 2 aliphatic rings. The minimum Gasteiger partial charge on any atom is -0.508 e. The van der Waals surface area contributed by atoms with Crippen LogP contribution in [0.1, 0.15) is 40.9 Å². The number of hydrogen-bond donors (Lipinski definition) is 2. The summed E-state index contributed by atoms with van der Waals surface area (Å²) < 4.78 is 8.27. The molecular formula is C30H26NO4+. The van der Waals surface area contributed by atoms with Crippen LogP contribution in [0, 0.1) is 0 Å². The Labute approximate surface area is 204 Å². The fourth-order valence-electron chi connectivity index (χ4n) is 4.94. The van der Waals surface area contributed by atoms with Crippen molar-refractivity contribution in [2.24, 2.45) is 0 Å². The van der Waals surface area contributed by atoms with Gasteiger partial charge in [0.05, 0.1) is 11.0 Å². The molecule has 2 N–H and O–H groups in total. The predicted octanol–water partition coefficient (Wildman–Crippen LogP) is 6.06. The summed E-state index contributed by atoms with van der Waals surface area (Å²) in [6.07, 6.45) is 7.72. The molecule has 0 atom stereocenters. The van der Waals surface area contributed by atoms with Crippen molar-refractivity contribution < 1.29 is 24.3 Å². The molecule has 0 radical (unpaired) electrons. The van der Waals surface area contributed by atoms with Gasteiger partial charge in [0, 0.05) is 29.3 Å². The van der Waals surface area contributed by atoms with Crippen molar-refractivity contribution in [1.82, 2.24) is 0 Å². The van der Waals surface area contributed by atoms with E-state index < -0.39 is 5.97 Å². The Bertz CT molecular complexity index is 1490. The van der Waals surface area contributed by atoms with Crippen LogP contribution in [0.25, 0.3) is 5.57 Å². The van der Waals surface area contributed by atoms with Crippen LogP contribution in [-0.4, -0.2) is 33.5 Å². The van der Waals surface area contributed by atoms with Gasteiger partial charge < -0.3 is 14.9 Å². The summed E-state index contributed by atoms with van der Waals surface area (Å²) in [7, 11) is 2.07. The maximum Gasteiger partial charge on any atom is 0.336 e. The van der Waals surface area contributed by atoms with Crippen molar-refractivity contribution in [3.63, 3.8) is 0 Å². The summed E-state index contributed by atoms with van der Waals surface area (Å²) in [5, 5.41) is 19.8. The minimum absolute atomic E-state index is 0.0778. The highest BCUT2D eigenvalue weighted by atomic mass is 16.5. The molecule has 0 saturated carbocycles. The average Bonchev–Trinajstić information content (AvgIpc) is 3.04. The number of aromatic hydroxyl groups is 1. The smallest absolute Gasteiger partial charge is 0.336 e. The molecule has 0 unspecified atom stereocenters. The van der Waals surface area contributed by atoms with Gasteiger partial charge in [-0.15, -0.1) is 0 Å². The van der Waals surface area contributed by atoms with Gasteiger partial charge in [0.1, 0.15) is 24.3 Å². The maximum atomic E-state index is 11.9. The van der Waals surface area contributed by atoms with Crippen molar-refractivity contribution >= 4 is 22.9 Å². The lowest BCUT2D eigenvalue weighted by atomic mass is 9.81. The zero-order valence-electron chi connectivity index (χ0n) is 19.8. The molecule has 35 heavy (non-hydrogen) atoms. The van der Waals surface area contributed by atoms with E-state index in [0.29, 0.717) is 17.1 Å². The van der Waals surface area contributed by atoms with Gasteiger partial charge in [0.2, 0.25) is 5.69 Å². The second-order valence-electron chi connectivity index (χ2n) is 9.21. The van der Waals surface area contributed by atoms with Crippen molar-refractivity contribution in [3.8, 4) is 11.5 Å². The number of phenolic OH excluding ortho intramolecular Hbond substituents is 1. The summed E-state index contributed by atoms with van der Waals surface area (Å²) in [5.41, 5.74) is 5.72. The van der Waals surface area contributed by atoms with E-state index in [0.717, 1.165) is 16.8 Å². The minimum atomic E-state index is -0.999. The number of carboxylic acids is 1. The van der Waals surface area contributed by atoms with E-state index >= 15 is 0 Å². The van der Waals surface area contributed by atoms with Gasteiger partial charge in [-0.05, 0) is 55.3 Å². The summed E-state index contributed by atoms with van der Waals surface area (Å²) in [5.74, 6) is 0.0992. The van der Waals surface area contributed by atoms with E-state index in [1.165, 1.54) is 11.3 Å². The fourth-order valence-corrected chi connectivity index (χ4v) is 4.94. The molecule has 0 aliphatic carbocycles. The number of fused-ring (bicyclic) bond motifs is 2. The van der Waals surface area contributed by atoms with Crippen LogP contribution >= 0.6 is 0 Å². The SMILES string of the molecule is C[N+]1=C(C=CC=C2C=C(c3ccccc3C(=O)O)c3ccc(O)cc3O2)C(C)(C)c2ccccc21. The van der Waals surface area contributed by atoms with Gasteiger partial charge in [-0.3, -0.25) is 0 Å². The summed E-state index contributed by atoms with van der Waals surface area (Å²) in [6.45, 7) is 4.41. The van der Waals surface area contributed by atoms with Gasteiger partial charge >= 0.3 is 5.97 Å². The third kappa shape index (κ3) is 3.85. The molecule has 0 fully saturated rings. The molecule has 0 spiro atoms. The molecule has 0 saturated heterocycles. The number of carbonyl (C=O) groups is 1. The molecule has 0 aromatic heterocycles. The number of ether oxygens (including phenoxy) is 1. The molecule has 3 aromatic carbocycles. The molecule has 0 amide bonds. The van der Waals surface area contributed by atoms with Gasteiger partial charge in [-0.2, -0.15) is 4.58 Å². The molecule has 3 aromatic rings. The van der Waals surface area contributed by atoms with Gasteiger partial charge in [-0.25, -0.2) is 4.79 Å². The quantitative estimate of drug-likeness (QED) is 0.461. The Morgan fingerprint density at radius 3 is 2.51 bits per heavy atom. The topological polar surface area (TPSA) is 69.8 Å². The van der Waals surface area contributed by atoms with Gasteiger partial charge in [-0.1, -0.05) is 42.5 Å². The Balaban J connectivity index is 1.57. The summed E-state index contributed by atoms with van der Waals surface area (Å²) in [4.78, 5) is 11.9. The number of carboxylic acid groups (broad SMARTS) is 1. The van der Waals surface area contributed by atoms with E-state index in [9.17, 15) is 15.0 Å². The standard InChI is InChI=1S/C30H25NO4/c1-30(2)25-12-6-7-13-26(25)31(3)28(30)14-8-9-20-18-24(21-10-4-5-11-23(21)29(33)34)22-16-15-19(32)17-27(22)35-20/h4-18H,1-3H3,(H,33,34)/p+1. The van der Waals surface area contributed by atoms with Crippen molar-refractivity contribution in [1.29, 1.82) is 0 Å². The highest BCUT2D eigenvalue weighted by molar-refractivity contribution is 6.03. The number of hydrogen-bond acceptors (Lipinski definition) is 3. The zero-order chi connectivity index (χ0) is 24.7. The molecule has 5 nitrogen and oxygen atoms in total. The normalized spacial score (nSPS) is 17.2. The van der Waals surface area contributed by atoms with E-state index in [1.54, 1.807) is 36.4 Å². The number of para-hydroxylation sites is 1. The second-order valence-corrected chi connectivity index (χ2v) is 9.21. The van der Waals surface area contributed by atoms with Crippen LogP contribution in [0.3, 0.4) is 0 Å². The fraction of sp³-hybridized carbons (Fsp3) is 0.133. The van der Waals surface area contributed by atoms with Crippen LogP contribution in [0.5, 0.6) is 11.5 Å². The lowest BCUT2D eigenvalue weighted by Gasteiger charge is -2.21. The van der Waals surface area contributed by atoms with E-state index in [4.69, 9.17) is 4.74 Å². The molecule has 0 bridgehead atoms. The van der Waals surface area contributed by atoms with Crippen LogP contribution < -0.4 is 4.74 Å². The predicted molar refractivity (Wildman–Crippen MR) is 137 cm³/mol. The van der Waals surface area contributed by atoms with Gasteiger partial charge in [0.15, 0.2) is 5.71 Å². The van der Waals surface area contributed by atoms with Crippen LogP contribution in [0.2, 0.25) is 0 Å². The van der Waals surface area contributed by atoms with E-state index in [2.05, 4.69) is 49.7 Å². The molecular weight excluding hydrogens is 438 g/mol. The summed E-state index contributed by atoms with van der Waals surface area (Å²) in [6, 6.07) is 20.1. The first-order chi connectivity index (χ1) is 16.8. The van der Waals surface area contributed by atoms with Gasteiger partial charge in [0.25, 0.3) is 0 Å².